The maximum atomic E-state index is 13.5. The lowest BCUT2D eigenvalue weighted by Crippen LogP contribution is -1.87. The Balaban J connectivity index is 2.98. The van der Waals surface area contributed by atoms with Gasteiger partial charge in [0, 0.05) is 0 Å². The Morgan fingerprint density at radius 1 is 1.46 bits per heavy atom. The highest BCUT2D eigenvalue weighted by atomic mass is 35.5. The van der Waals surface area contributed by atoms with Crippen molar-refractivity contribution >= 4 is 11.6 Å². The molecule has 13 heavy (non-hydrogen) atoms. The van der Waals surface area contributed by atoms with Crippen molar-refractivity contribution in [2.75, 3.05) is 0 Å². The molecule has 0 saturated carbocycles. The molecule has 1 aliphatic rings. The lowest BCUT2D eigenvalue weighted by Gasteiger charge is -2.05. The molecule has 0 unspecified atom stereocenters. The molecule has 72 valence electrons. The molecule has 0 radical (unpaired) electrons. The Labute approximate surface area is 83.8 Å². The Kier molecular flexibility index (Phi) is 3.73. The largest absolute Gasteiger partial charge is 0.205 e. The number of hydrogen-bond donors (Lipinski definition) is 0. The molecule has 0 aliphatic heterocycles. The van der Waals surface area contributed by atoms with E-state index in [1.54, 1.807) is 13.0 Å². The predicted octanol–water partition coefficient (Wildman–Crippen LogP) is 4.48. The summed E-state index contributed by atoms with van der Waals surface area (Å²) in [6.07, 6.45) is 5.59. The minimum atomic E-state index is -0.312. The highest BCUT2D eigenvalue weighted by Crippen LogP contribution is 2.28. The van der Waals surface area contributed by atoms with E-state index in [-0.39, 0.29) is 10.9 Å². The van der Waals surface area contributed by atoms with Gasteiger partial charge in [-0.2, -0.15) is 0 Å². The van der Waals surface area contributed by atoms with Crippen LogP contribution in [0.2, 0.25) is 0 Å². The summed E-state index contributed by atoms with van der Waals surface area (Å²) in [4.78, 5) is 0. The summed E-state index contributed by atoms with van der Waals surface area (Å²) in [5, 5.41) is 0.237. The zero-order valence-electron chi connectivity index (χ0n) is 7.87. The van der Waals surface area contributed by atoms with Crippen LogP contribution < -0.4 is 0 Å². The third kappa shape index (κ3) is 2.70. The van der Waals surface area contributed by atoms with Gasteiger partial charge in [-0.05, 0) is 43.8 Å². The Morgan fingerprint density at radius 3 is 2.85 bits per heavy atom. The lowest BCUT2D eigenvalue weighted by atomic mass is 10.0. The van der Waals surface area contributed by atoms with E-state index >= 15 is 0 Å². The monoisotopic (exact) mass is 200 g/mol. The molecule has 0 heterocycles. The maximum Gasteiger partial charge on any atom is 0.144 e. The summed E-state index contributed by atoms with van der Waals surface area (Å²) >= 11 is 5.76. The van der Waals surface area contributed by atoms with Gasteiger partial charge in [-0.25, -0.2) is 4.39 Å². The summed E-state index contributed by atoms with van der Waals surface area (Å²) in [5.41, 5.74) is 1.47. The SMILES string of the molecule is C=C1CCCC/C=C(Cl)\C(F)=C/1C. The first-order valence-electron chi connectivity index (χ1n) is 4.53. The smallest absolute Gasteiger partial charge is 0.144 e. The van der Waals surface area contributed by atoms with Crippen molar-refractivity contribution in [3.63, 3.8) is 0 Å². The van der Waals surface area contributed by atoms with Crippen LogP contribution in [0.4, 0.5) is 4.39 Å². The summed E-state index contributed by atoms with van der Waals surface area (Å²) in [7, 11) is 0. The van der Waals surface area contributed by atoms with E-state index in [4.69, 9.17) is 11.6 Å². The summed E-state index contributed by atoms with van der Waals surface area (Å²) in [6, 6.07) is 0. The molecule has 1 rings (SSSR count). The fourth-order valence-corrected chi connectivity index (χ4v) is 1.57. The second kappa shape index (κ2) is 4.61. The standard InChI is InChI=1S/C11H14ClF/c1-8-6-4-3-5-7-10(12)11(13)9(8)2/h7H,1,3-6H2,2H3/b10-7+,11-9+. The van der Waals surface area contributed by atoms with Crippen molar-refractivity contribution in [3.05, 3.63) is 34.7 Å². The van der Waals surface area contributed by atoms with E-state index in [1.807, 2.05) is 0 Å². The fraction of sp³-hybridized carbons (Fsp3) is 0.455. The lowest BCUT2D eigenvalue weighted by molar-refractivity contribution is 0.650. The molecule has 0 atom stereocenters. The van der Waals surface area contributed by atoms with Crippen molar-refractivity contribution in [3.8, 4) is 0 Å². The van der Waals surface area contributed by atoms with E-state index in [0.717, 1.165) is 31.3 Å². The average Bonchev–Trinajstić information content (AvgIpc) is 2.16. The molecule has 1 aliphatic carbocycles. The molecule has 0 aromatic carbocycles. The third-order valence-corrected chi connectivity index (χ3v) is 2.65. The van der Waals surface area contributed by atoms with E-state index in [1.165, 1.54) is 0 Å². The van der Waals surface area contributed by atoms with Crippen molar-refractivity contribution in [1.29, 1.82) is 0 Å². The van der Waals surface area contributed by atoms with E-state index in [2.05, 4.69) is 6.58 Å². The highest BCUT2D eigenvalue weighted by molar-refractivity contribution is 6.31. The highest BCUT2D eigenvalue weighted by Gasteiger charge is 2.10. The third-order valence-electron chi connectivity index (χ3n) is 2.33. The van der Waals surface area contributed by atoms with Crippen LogP contribution in [0.25, 0.3) is 0 Å². The van der Waals surface area contributed by atoms with Crippen LogP contribution in [0.5, 0.6) is 0 Å². The van der Waals surface area contributed by atoms with Crippen LogP contribution in [0.3, 0.4) is 0 Å². The van der Waals surface area contributed by atoms with Crippen LogP contribution in [-0.4, -0.2) is 0 Å². The van der Waals surface area contributed by atoms with Crippen molar-refractivity contribution in [2.45, 2.75) is 32.6 Å². The zero-order chi connectivity index (χ0) is 9.84. The maximum absolute atomic E-state index is 13.5. The Bertz CT molecular complexity index is 274. The zero-order valence-corrected chi connectivity index (χ0v) is 8.62. The minimum absolute atomic E-state index is 0.237. The molecule has 0 spiro atoms. The first-order chi connectivity index (χ1) is 6.13. The van der Waals surface area contributed by atoms with Crippen molar-refractivity contribution < 1.29 is 4.39 Å². The van der Waals surface area contributed by atoms with Gasteiger partial charge in [0.05, 0.1) is 5.03 Å². The van der Waals surface area contributed by atoms with Gasteiger partial charge in [-0.15, -0.1) is 0 Å². The van der Waals surface area contributed by atoms with Crippen molar-refractivity contribution in [1.82, 2.24) is 0 Å². The quantitative estimate of drug-likeness (QED) is 0.541. The van der Waals surface area contributed by atoms with Gasteiger partial charge in [-0.3, -0.25) is 0 Å². The molecule has 0 fully saturated rings. The number of hydrogen-bond acceptors (Lipinski definition) is 0. The second-order valence-corrected chi connectivity index (χ2v) is 3.75. The van der Waals surface area contributed by atoms with E-state index in [9.17, 15) is 4.39 Å². The summed E-state index contributed by atoms with van der Waals surface area (Å²) in [5.74, 6) is -0.312. The van der Waals surface area contributed by atoms with Gasteiger partial charge in [0.25, 0.3) is 0 Å². The van der Waals surface area contributed by atoms with Crippen LogP contribution in [0.15, 0.2) is 34.7 Å². The molecule has 0 amide bonds. The van der Waals surface area contributed by atoms with Gasteiger partial charge >= 0.3 is 0 Å². The Morgan fingerprint density at radius 2 is 2.15 bits per heavy atom. The molecule has 0 saturated heterocycles. The van der Waals surface area contributed by atoms with Crippen molar-refractivity contribution in [2.24, 2.45) is 0 Å². The molecular formula is C11H14ClF. The number of allylic oxidation sites excluding steroid dienone is 5. The van der Waals surface area contributed by atoms with Crippen LogP contribution in [-0.2, 0) is 0 Å². The number of halogens is 2. The molecular weight excluding hydrogens is 187 g/mol. The normalized spacial score (nSPS) is 30.1. The minimum Gasteiger partial charge on any atom is -0.205 e. The predicted molar refractivity (Wildman–Crippen MR) is 55.4 cm³/mol. The van der Waals surface area contributed by atoms with E-state index < -0.39 is 0 Å². The van der Waals surface area contributed by atoms with Gasteiger partial charge in [0.2, 0.25) is 0 Å². The average molecular weight is 201 g/mol. The van der Waals surface area contributed by atoms with Gasteiger partial charge < -0.3 is 0 Å². The second-order valence-electron chi connectivity index (χ2n) is 3.34. The van der Waals surface area contributed by atoms with Crippen LogP contribution in [0.1, 0.15) is 32.6 Å². The molecule has 0 bridgehead atoms. The van der Waals surface area contributed by atoms with Crippen LogP contribution in [0, 0.1) is 0 Å². The van der Waals surface area contributed by atoms with E-state index in [0.29, 0.717) is 5.57 Å². The van der Waals surface area contributed by atoms with Gasteiger partial charge in [0.1, 0.15) is 5.83 Å². The first-order valence-corrected chi connectivity index (χ1v) is 4.91. The summed E-state index contributed by atoms with van der Waals surface area (Å²) < 4.78 is 13.5. The van der Waals surface area contributed by atoms with Crippen LogP contribution >= 0.6 is 11.6 Å². The summed E-state index contributed by atoms with van der Waals surface area (Å²) in [6.45, 7) is 5.57. The molecule has 0 N–H and O–H groups in total. The van der Waals surface area contributed by atoms with Gasteiger partial charge in [-0.1, -0.05) is 24.3 Å². The molecule has 0 aromatic rings. The molecule has 0 aromatic heterocycles. The van der Waals surface area contributed by atoms with Gasteiger partial charge in [0.15, 0.2) is 0 Å². The Hall–Kier alpha value is -0.560. The molecule has 2 heteroatoms. The topological polar surface area (TPSA) is 0 Å². The number of rotatable bonds is 0. The molecule has 0 nitrogen and oxygen atoms in total. The first kappa shape index (κ1) is 10.5. The fourth-order valence-electron chi connectivity index (χ4n) is 1.32.